The summed E-state index contributed by atoms with van der Waals surface area (Å²) in [5.74, 6) is -1.26. The minimum absolute atomic E-state index is 0.213. The summed E-state index contributed by atoms with van der Waals surface area (Å²) in [4.78, 5) is 6.51. The minimum atomic E-state index is -0.651. The molecule has 0 saturated carbocycles. The van der Waals surface area contributed by atoms with Crippen molar-refractivity contribution in [2.45, 2.75) is 20.0 Å². The van der Waals surface area contributed by atoms with Gasteiger partial charge in [0.1, 0.15) is 11.5 Å². The van der Waals surface area contributed by atoms with E-state index in [0.29, 0.717) is 13.1 Å². The highest BCUT2D eigenvalue weighted by Gasteiger charge is 2.17. The Balaban J connectivity index is 1.72. The van der Waals surface area contributed by atoms with Crippen LogP contribution in [0.4, 0.5) is 8.78 Å². The van der Waals surface area contributed by atoms with E-state index in [2.05, 4.69) is 15.0 Å². The zero-order valence-electron chi connectivity index (χ0n) is 16.9. The van der Waals surface area contributed by atoms with Gasteiger partial charge in [-0.15, -0.1) is 0 Å². The summed E-state index contributed by atoms with van der Waals surface area (Å²) >= 11 is 0. The Morgan fingerprint density at radius 1 is 0.967 bits per heavy atom. The first kappa shape index (κ1) is 19.9. The second kappa shape index (κ2) is 8.55. The second-order valence-electron chi connectivity index (χ2n) is 7.35. The van der Waals surface area contributed by atoms with E-state index in [1.807, 2.05) is 62.6 Å². The molecule has 4 aromatic rings. The molecule has 0 aliphatic carbocycles. The maximum absolute atomic E-state index is 14.4. The van der Waals surface area contributed by atoms with Crippen molar-refractivity contribution in [2.24, 2.45) is 0 Å². The summed E-state index contributed by atoms with van der Waals surface area (Å²) in [7, 11) is 2.01. The normalized spacial score (nSPS) is 11.2. The molecule has 0 radical (unpaired) electrons. The zero-order chi connectivity index (χ0) is 21.1. The molecule has 152 valence electrons. The van der Waals surface area contributed by atoms with Crippen molar-refractivity contribution in [3.05, 3.63) is 102 Å². The maximum Gasteiger partial charge on any atom is 0.151 e. The molecule has 0 aliphatic heterocycles. The lowest BCUT2D eigenvalue weighted by Gasteiger charge is -2.16. The molecule has 0 unspecified atom stereocenters. The standard InChI is InChI=1S/C24H22F2N4/c1-17-7-3-4-9-21(17)24-18(14-29(2)16-20-8-5-6-12-27-20)15-30(28-24)23-11-10-19(25)13-22(23)26/h3-13,15H,14,16H2,1-2H3. The van der Waals surface area contributed by atoms with E-state index >= 15 is 0 Å². The van der Waals surface area contributed by atoms with Crippen molar-refractivity contribution in [2.75, 3.05) is 7.05 Å². The number of aryl methyl sites for hydroxylation is 1. The van der Waals surface area contributed by atoms with Crippen molar-refractivity contribution >= 4 is 0 Å². The van der Waals surface area contributed by atoms with Gasteiger partial charge in [-0.25, -0.2) is 13.5 Å². The van der Waals surface area contributed by atoms with Crippen LogP contribution in [0.15, 0.2) is 73.1 Å². The SMILES string of the molecule is Cc1ccccc1-c1nn(-c2ccc(F)cc2F)cc1CN(C)Cc1ccccn1. The summed E-state index contributed by atoms with van der Waals surface area (Å²) in [6.07, 6.45) is 3.59. The highest BCUT2D eigenvalue weighted by molar-refractivity contribution is 5.66. The molecule has 30 heavy (non-hydrogen) atoms. The summed E-state index contributed by atoms with van der Waals surface area (Å²) in [5, 5.41) is 4.67. The van der Waals surface area contributed by atoms with Gasteiger partial charge in [-0.3, -0.25) is 9.88 Å². The number of benzene rings is 2. The molecule has 2 aromatic carbocycles. The van der Waals surface area contributed by atoms with Gasteiger partial charge < -0.3 is 0 Å². The smallest absolute Gasteiger partial charge is 0.151 e. The average Bonchev–Trinajstić information content (AvgIpc) is 3.12. The largest absolute Gasteiger partial charge is 0.296 e. The van der Waals surface area contributed by atoms with Crippen molar-refractivity contribution in [1.29, 1.82) is 0 Å². The molecule has 4 rings (SSSR count). The molecule has 0 bridgehead atoms. The van der Waals surface area contributed by atoms with Crippen LogP contribution in [-0.2, 0) is 13.1 Å². The number of hydrogen-bond acceptors (Lipinski definition) is 3. The zero-order valence-corrected chi connectivity index (χ0v) is 16.9. The summed E-state index contributed by atoms with van der Waals surface area (Å²) in [6.45, 7) is 3.29. The Morgan fingerprint density at radius 2 is 1.77 bits per heavy atom. The number of rotatable bonds is 6. The van der Waals surface area contributed by atoms with Gasteiger partial charge in [0.05, 0.1) is 11.4 Å². The van der Waals surface area contributed by atoms with Crippen LogP contribution in [-0.4, -0.2) is 26.7 Å². The van der Waals surface area contributed by atoms with Crippen LogP contribution in [0.2, 0.25) is 0 Å². The van der Waals surface area contributed by atoms with Gasteiger partial charge in [0, 0.05) is 42.7 Å². The molecule has 2 heterocycles. The molecular weight excluding hydrogens is 382 g/mol. The number of hydrogen-bond donors (Lipinski definition) is 0. The van der Waals surface area contributed by atoms with Crippen molar-refractivity contribution in [1.82, 2.24) is 19.7 Å². The van der Waals surface area contributed by atoms with Gasteiger partial charge in [0.2, 0.25) is 0 Å². The Kier molecular flexibility index (Phi) is 5.68. The molecule has 0 saturated heterocycles. The van der Waals surface area contributed by atoms with Crippen LogP contribution in [0.5, 0.6) is 0 Å². The van der Waals surface area contributed by atoms with Crippen LogP contribution in [0.25, 0.3) is 16.9 Å². The third kappa shape index (κ3) is 4.28. The maximum atomic E-state index is 14.4. The number of aromatic nitrogens is 3. The molecule has 2 aromatic heterocycles. The Morgan fingerprint density at radius 3 is 2.50 bits per heavy atom. The summed E-state index contributed by atoms with van der Waals surface area (Å²) in [6, 6.07) is 17.3. The predicted octanol–water partition coefficient (Wildman–Crippen LogP) is 5.15. The summed E-state index contributed by atoms with van der Waals surface area (Å²) < 4.78 is 29.2. The molecule has 0 spiro atoms. The quantitative estimate of drug-likeness (QED) is 0.446. The van der Waals surface area contributed by atoms with E-state index in [9.17, 15) is 8.78 Å². The van der Waals surface area contributed by atoms with Crippen LogP contribution in [0.3, 0.4) is 0 Å². The van der Waals surface area contributed by atoms with Gasteiger partial charge in [-0.05, 0) is 43.8 Å². The van der Waals surface area contributed by atoms with Crippen molar-refractivity contribution < 1.29 is 8.78 Å². The van der Waals surface area contributed by atoms with Crippen LogP contribution in [0.1, 0.15) is 16.8 Å². The number of pyridine rings is 1. The van der Waals surface area contributed by atoms with Gasteiger partial charge in [0.15, 0.2) is 5.82 Å². The molecule has 0 amide bonds. The molecule has 0 fully saturated rings. The van der Waals surface area contributed by atoms with E-state index in [0.717, 1.165) is 34.1 Å². The van der Waals surface area contributed by atoms with Gasteiger partial charge in [0.25, 0.3) is 0 Å². The fourth-order valence-corrected chi connectivity index (χ4v) is 3.50. The molecule has 4 nitrogen and oxygen atoms in total. The Bertz CT molecular complexity index is 1160. The molecule has 6 heteroatoms. The lowest BCUT2D eigenvalue weighted by atomic mass is 10.0. The molecule has 0 atom stereocenters. The Labute approximate surface area is 174 Å². The second-order valence-corrected chi connectivity index (χ2v) is 7.35. The van der Waals surface area contributed by atoms with Crippen LogP contribution >= 0.6 is 0 Å². The lowest BCUT2D eigenvalue weighted by molar-refractivity contribution is 0.315. The van der Waals surface area contributed by atoms with E-state index < -0.39 is 11.6 Å². The van der Waals surface area contributed by atoms with E-state index in [1.165, 1.54) is 16.8 Å². The number of halogens is 2. The minimum Gasteiger partial charge on any atom is -0.296 e. The third-order valence-corrected chi connectivity index (χ3v) is 4.95. The van der Waals surface area contributed by atoms with Gasteiger partial charge >= 0.3 is 0 Å². The van der Waals surface area contributed by atoms with Gasteiger partial charge in [-0.2, -0.15) is 5.10 Å². The van der Waals surface area contributed by atoms with Crippen LogP contribution < -0.4 is 0 Å². The molecule has 0 aliphatic rings. The first-order valence-corrected chi connectivity index (χ1v) is 9.69. The predicted molar refractivity (Wildman–Crippen MR) is 113 cm³/mol. The van der Waals surface area contributed by atoms with E-state index in [1.54, 1.807) is 6.20 Å². The monoisotopic (exact) mass is 404 g/mol. The highest BCUT2D eigenvalue weighted by Crippen LogP contribution is 2.28. The fraction of sp³-hybridized carbons (Fsp3) is 0.167. The first-order valence-electron chi connectivity index (χ1n) is 9.69. The van der Waals surface area contributed by atoms with Crippen LogP contribution in [0, 0.1) is 18.6 Å². The average molecular weight is 404 g/mol. The lowest BCUT2D eigenvalue weighted by Crippen LogP contribution is -2.18. The van der Waals surface area contributed by atoms with E-state index in [-0.39, 0.29) is 5.69 Å². The van der Waals surface area contributed by atoms with Crippen molar-refractivity contribution in [3.8, 4) is 16.9 Å². The van der Waals surface area contributed by atoms with E-state index in [4.69, 9.17) is 0 Å². The third-order valence-electron chi connectivity index (χ3n) is 4.95. The van der Waals surface area contributed by atoms with Crippen molar-refractivity contribution in [3.63, 3.8) is 0 Å². The molecule has 0 N–H and O–H groups in total. The highest BCUT2D eigenvalue weighted by atomic mass is 19.1. The topological polar surface area (TPSA) is 34.0 Å². The first-order chi connectivity index (χ1) is 14.5. The number of nitrogens with zero attached hydrogens (tertiary/aromatic N) is 4. The fourth-order valence-electron chi connectivity index (χ4n) is 3.50. The Hall–Kier alpha value is -3.38. The van der Waals surface area contributed by atoms with Gasteiger partial charge in [-0.1, -0.05) is 30.3 Å². The summed E-state index contributed by atoms with van der Waals surface area (Å²) in [5.41, 5.74) is 4.98. The molecular formula is C24H22F2N4.